The van der Waals surface area contributed by atoms with Gasteiger partial charge in [-0.25, -0.2) is 8.42 Å². The van der Waals surface area contributed by atoms with Crippen LogP contribution in [0.3, 0.4) is 0 Å². The van der Waals surface area contributed by atoms with E-state index in [1.807, 2.05) is 13.8 Å². The van der Waals surface area contributed by atoms with E-state index < -0.39 is 21.2 Å². The van der Waals surface area contributed by atoms with E-state index in [1.54, 1.807) is 6.92 Å². The van der Waals surface area contributed by atoms with E-state index in [-0.39, 0.29) is 11.7 Å². The Balaban J connectivity index is 4.15. The van der Waals surface area contributed by atoms with Gasteiger partial charge in [0.25, 0.3) is 0 Å². The molecule has 0 aromatic heterocycles. The highest BCUT2D eigenvalue weighted by atomic mass is 32.2. The molecule has 0 spiro atoms. The number of aliphatic hydroxyl groups is 1. The molecule has 0 aliphatic carbocycles. The van der Waals surface area contributed by atoms with Gasteiger partial charge in [-0.3, -0.25) is 0 Å². The van der Waals surface area contributed by atoms with E-state index in [0.29, 0.717) is 12.5 Å². The minimum atomic E-state index is -3.20. The van der Waals surface area contributed by atoms with Crippen LogP contribution in [0.25, 0.3) is 0 Å². The topological polar surface area (TPSA) is 66.4 Å². The summed E-state index contributed by atoms with van der Waals surface area (Å²) >= 11 is 0. The number of nitrogens with one attached hydrogen (secondary N) is 1. The first kappa shape index (κ1) is 16.9. The maximum absolute atomic E-state index is 11.9. The van der Waals surface area contributed by atoms with Gasteiger partial charge in [-0.1, -0.05) is 27.7 Å². The summed E-state index contributed by atoms with van der Waals surface area (Å²) in [6, 6.07) is 0. The molecule has 0 bridgehead atoms. The number of hydrogen-bond donors (Lipinski definition) is 2. The highest BCUT2D eigenvalue weighted by molar-refractivity contribution is 7.92. The van der Waals surface area contributed by atoms with Crippen LogP contribution in [0.5, 0.6) is 0 Å². The van der Waals surface area contributed by atoms with Gasteiger partial charge in [0.05, 0.1) is 17.1 Å². The van der Waals surface area contributed by atoms with Gasteiger partial charge in [0.2, 0.25) is 0 Å². The molecule has 4 nitrogen and oxygen atoms in total. The monoisotopic (exact) mass is 265 g/mol. The molecule has 0 radical (unpaired) electrons. The highest BCUT2D eigenvalue weighted by Crippen LogP contribution is 2.13. The van der Waals surface area contributed by atoms with Crippen molar-refractivity contribution in [2.75, 3.05) is 18.8 Å². The molecule has 0 aliphatic rings. The Morgan fingerprint density at radius 2 is 1.59 bits per heavy atom. The lowest BCUT2D eigenvalue weighted by Crippen LogP contribution is -2.37. The zero-order chi connectivity index (χ0) is 13.6. The van der Waals surface area contributed by atoms with Crippen LogP contribution in [0.4, 0.5) is 0 Å². The van der Waals surface area contributed by atoms with Gasteiger partial charge in [0.1, 0.15) is 0 Å². The van der Waals surface area contributed by atoms with Gasteiger partial charge < -0.3 is 10.4 Å². The first-order valence-electron chi connectivity index (χ1n) is 6.27. The Morgan fingerprint density at radius 3 is 2.00 bits per heavy atom. The quantitative estimate of drug-likeness (QED) is 0.688. The zero-order valence-electron chi connectivity index (χ0n) is 11.6. The third kappa shape index (κ3) is 7.01. The van der Waals surface area contributed by atoms with Crippen LogP contribution >= 0.6 is 0 Å². The van der Waals surface area contributed by atoms with E-state index in [0.717, 1.165) is 6.54 Å². The Kier molecular flexibility index (Phi) is 7.28. The molecule has 2 atom stereocenters. The van der Waals surface area contributed by atoms with Crippen molar-refractivity contribution < 1.29 is 13.5 Å². The van der Waals surface area contributed by atoms with Crippen molar-refractivity contribution >= 4 is 9.84 Å². The minimum absolute atomic E-state index is 0.0795. The normalized spacial score (nSPS) is 16.5. The average Bonchev–Trinajstić information content (AvgIpc) is 2.14. The molecule has 0 aromatic rings. The van der Waals surface area contributed by atoms with Crippen molar-refractivity contribution in [3.05, 3.63) is 0 Å². The summed E-state index contributed by atoms with van der Waals surface area (Å²) in [5.74, 6) is 0.418. The molecule has 5 heteroatoms. The molecule has 2 N–H and O–H groups in total. The van der Waals surface area contributed by atoms with Gasteiger partial charge in [-0.05, 0) is 25.3 Å². The van der Waals surface area contributed by atoms with Crippen LogP contribution in [0.15, 0.2) is 0 Å². The summed E-state index contributed by atoms with van der Waals surface area (Å²) in [5, 5.41) is 12.3. The van der Waals surface area contributed by atoms with E-state index in [4.69, 9.17) is 0 Å². The van der Waals surface area contributed by atoms with Gasteiger partial charge in [-0.2, -0.15) is 0 Å². The first-order valence-corrected chi connectivity index (χ1v) is 7.98. The summed E-state index contributed by atoms with van der Waals surface area (Å²) in [5.41, 5.74) is 0. The van der Waals surface area contributed by atoms with E-state index in [1.165, 1.54) is 0 Å². The largest absolute Gasteiger partial charge is 0.391 e. The van der Waals surface area contributed by atoms with Gasteiger partial charge in [0, 0.05) is 6.54 Å². The molecule has 0 amide bonds. The molecule has 0 fully saturated rings. The number of aliphatic hydroxyl groups excluding tert-OH is 1. The van der Waals surface area contributed by atoms with Crippen LogP contribution in [0.1, 0.15) is 34.6 Å². The van der Waals surface area contributed by atoms with Gasteiger partial charge in [0.15, 0.2) is 9.84 Å². The second-order valence-electron chi connectivity index (χ2n) is 5.48. The second-order valence-corrected chi connectivity index (χ2v) is 7.89. The molecular weight excluding hydrogens is 238 g/mol. The summed E-state index contributed by atoms with van der Waals surface area (Å²) in [4.78, 5) is 0. The highest BCUT2D eigenvalue weighted by Gasteiger charge is 2.26. The minimum Gasteiger partial charge on any atom is -0.391 e. The summed E-state index contributed by atoms with van der Waals surface area (Å²) < 4.78 is 23.8. The molecule has 0 saturated heterocycles. The van der Waals surface area contributed by atoms with Crippen molar-refractivity contribution in [2.24, 2.45) is 11.8 Å². The SMILES string of the molecule is CC(C)CNCC(O)CS(=O)(=O)C(C)C(C)C. The molecule has 104 valence electrons. The Labute approximate surface area is 106 Å². The Bertz CT molecular complexity index is 299. The van der Waals surface area contributed by atoms with Gasteiger partial charge >= 0.3 is 0 Å². The summed E-state index contributed by atoms with van der Waals surface area (Å²) in [7, 11) is -3.20. The van der Waals surface area contributed by atoms with Gasteiger partial charge in [-0.15, -0.1) is 0 Å². The predicted octanol–water partition coefficient (Wildman–Crippen LogP) is 1.05. The molecule has 0 rings (SSSR count). The van der Waals surface area contributed by atoms with Crippen molar-refractivity contribution in [1.82, 2.24) is 5.32 Å². The van der Waals surface area contributed by atoms with E-state index in [9.17, 15) is 13.5 Å². The Hall–Kier alpha value is -0.130. The lowest BCUT2D eigenvalue weighted by atomic mass is 10.2. The molecule has 0 heterocycles. The number of sulfone groups is 1. The number of hydrogen-bond acceptors (Lipinski definition) is 4. The fourth-order valence-electron chi connectivity index (χ4n) is 1.43. The van der Waals surface area contributed by atoms with E-state index >= 15 is 0 Å². The molecule has 17 heavy (non-hydrogen) atoms. The average molecular weight is 265 g/mol. The van der Waals surface area contributed by atoms with Crippen molar-refractivity contribution in [3.8, 4) is 0 Å². The van der Waals surface area contributed by atoms with Crippen LogP contribution < -0.4 is 5.32 Å². The van der Waals surface area contributed by atoms with Crippen LogP contribution in [0, 0.1) is 11.8 Å². The third-order valence-electron chi connectivity index (χ3n) is 2.86. The number of rotatable bonds is 8. The van der Waals surface area contributed by atoms with Crippen LogP contribution in [-0.2, 0) is 9.84 Å². The fraction of sp³-hybridized carbons (Fsp3) is 1.00. The zero-order valence-corrected chi connectivity index (χ0v) is 12.4. The maximum atomic E-state index is 11.9. The molecule has 0 aliphatic heterocycles. The smallest absolute Gasteiger partial charge is 0.155 e. The standard InChI is InChI=1S/C12H27NO3S/c1-9(2)6-13-7-12(14)8-17(15,16)11(5)10(3)4/h9-14H,6-8H2,1-5H3. The van der Waals surface area contributed by atoms with Crippen molar-refractivity contribution in [3.63, 3.8) is 0 Å². The van der Waals surface area contributed by atoms with E-state index in [2.05, 4.69) is 19.2 Å². The van der Waals surface area contributed by atoms with Crippen molar-refractivity contribution in [2.45, 2.75) is 46.0 Å². The third-order valence-corrected chi connectivity index (χ3v) is 5.39. The first-order chi connectivity index (χ1) is 7.66. The molecule has 0 saturated carbocycles. The maximum Gasteiger partial charge on any atom is 0.155 e. The summed E-state index contributed by atoms with van der Waals surface area (Å²) in [6.45, 7) is 10.7. The lowest BCUT2D eigenvalue weighted by molar-refractivity contribution is 0.192. The van der Waals surface area contributed by atoms with Crippen LogP contribution in [-0.4, -0.2) is 43.7 Å². The second kappa shape index (κ2) is 7.34. The van der Waals surface area contributed by atoms with Crippen LogP contribution in [0.2, 0.25) is 0 Å². The Morgan fingerprint density at radius 1 is 1.06 bits per heavy atom. The fourth-order valence-corrected chi connectivity index (χ4v) is 3.22. The molecular formula is C12H27NO3S. The molecule has 0 aromatic carbocycles. The molecule has 2 unspecified atom stereocenters. The lowest BCUT2D eigenvalue weighted by Gasteiger charge is -2.19. The predicted molar refractivity (Wildman–Crippen MR) is 71.8 cm³/mol. The summed E-state index contributed by atoms with van der Waals surface area (Å²) in [6.07, 6.45) is -0.819. The van der Waals surface area contributed by atoms with Crippen molar-refractivity contribution in [1.29, 1.82) is 0 Å².